The lowest BCUT2D eigenvalue weighted by Crippen LogP contribution is -2.23. The highest BCUT2D eigenvalue weighted by Gasteiger charge is 2.48. The number of halogens is 2. The fourth-order valence-corrected chi connectivity index (χ4v) is 1.50. The Morgan fingerprint density at radius 3 is 2.27 bits per heavy atom. The van der Waals surface area contributed by atoms with Crippen molar-refractivity contribution in [3.05, 3.63) is 0 Å². The summed E-state index contributed by atoms with van der Waals surface area (Å²) >= 11 is 5.52. The SMILES string of the molecule is O=C(CS(=O)(=O)F)C1(Cl)CC1. The molecule has 0 amide bonds. The Morgan fingerprint density at radius 2 is 2.00 bits per heavy atom. The first-order valence-corrected chi connectivity index (χ1v) is 4.91. The Hall–Kier alpha value is -0.160. The van der Waals surface area contributed by atoms with Gasteiger partial charge in [-0.05, 0) is 12.8 Å². The quantitative estimate of drug-likeness (QED) is 0.496. The zero-order valence-corrected chi connectivity index (χ0v) is 7.08. The molecule has 11 heavy (non-hydrogen) atoms. The molecule has 0 saturated heterocycles. The molecule has 0 aliphatic heterocycles. The highest BCUT2D eigenvalue weighted by molar-refractivity contribution is 7.87. The van der Waals surface area contributed by atoms with Gasteiger partial charge in [0.1, 0.15) is 10.6 Å². The van der Waals surface area contributed by atoms with Gasteiger partial charge in [0.2, 0.25) is 0 Å². The Bertz CT molecular complexity index is 280. The number of hydrogen-bond acceptors (Lipinski definition) is 3. The summed E-state index contributed by atoms with van der Waals surface area (Å²) in [6.07, 6.45) is 0.895. The number of hydrogen-bond donors (Lipinski definition) is 0. The zero-order chi connectivity index (χ0) is 8.70. The third-order valence-electron chi connectivity index (χ3n) is 1.49. The summed E-state index contributed by atoms with van der Waals surface area (Å²) in [6, 6.07) is 0. The van der Waals surface area contributed by atoms with Crippen LogP contribution >= 0.6 is 11.6 Å². The van der Waals surface area contributed by atoms with Crippen molar-refractivity contribution in [2.75, 3.05) is 5.75 Å². The van der Waals surface area contributed by atoms with Crippen molar-refractivity contribution < 1.29 is 17.1 Å². The predicted octanol–water partition coefficient (Wildman–Crippen LogP) is 0.626. The third kappa shape index (κ3) is 2.41. The van der Waals surface area contributed by atoms with Crippen molar-refractivity contribution in [2.24, 2.45) is 0 Å². The molecule has 0 aromatic rings. The van der Waals surface area contributed by atoms with E-state index in [0.29, 0.717) is 12.8 Å². The second kappa shape index (κ2) is 2.42. The van der Waals surface area contributed by atoms with Gasteiger partial charge in [0.05, 0.1) is 0 Å². The average molecular weight is 201 g/mol. The first-order valence-electron chi connectivity index (χ1n) is 2.98. The largest absolute Gasteiger partial charge is 0.309 e. The van der Waals surface area contributed by atoms with Crippen LogP contribution < -0.4 is 0 Å². The lowest BCUT2D eigenvalue weighted by molar-refractivity contribution is -0.117. The molecule has 3 nitrogen and oxygen atoms in total. The maximum absolute atomic E-state index is 11.9. The molecule has 1 saturated carbocycles. The molecule has 0 N–H and O–H groups in total. The monoisotopic (exact) mass is 200 g/mol. The summed E-state index contributed by atoms with van der Waals surface area (Å²) in [6.45, 7) is 0. The molecule has 0 spiro atoms. The summed E-state index contributed by atoms with van der Waals surface area (Å²) in [5, 5.41) is 0. The van der Waals surface area contributed by atoms with Crippen LogP contribution in [0, 0.1) is 0 Å². The normalized spacial score (nSPS) is 21.3. The number of rotatable bonds is 3. The van der Waals surface area contributed by atoms with Crippen LogP contribution in [-0.4, -0.2) is 24.8 Å². The molecular formula is C5H6ClFO3S. The topological polar surface area (TPSA) is 51.2 Å². The zero-order valence-electron chi connectivity index (χ0n) is 5.51. The lowest BCUT2D eigenvalue weighted by atomic mass is 10.3. The standard InChI is InChI=1S/C5H6ClFO3S/c6-5(1-2-5)4(8)3-11(7,9)10/h1-3H2. The summed E-state index contributed by atoms with van der Waals surface area (Å²) in [4.78, 5) is 9.72. The molecule has 0 aromatic carbocycles. The molecule has 0 bridgehead atoms. The molecule has 0 aromatic heterocycles. The maximum atomic E-state index is 11.9. The Labute approximate surface area is 68.7 Å². The molecule has 6 heteroatoms. The van der Waals surface area contributed by atoms with E-state index < -0.39 is 26.6 Å². The maximum Gasteiger partial charge on any atom is 0.309 e. The van der Waals surface area contributed by atoms with E-state index in [9.17, 15) is 17.1 Å². The van der Waals surface area contributed by atoms with Crippen LogP contribution in [0.15, 0.2) is 0 Å². The molecular weight excluding hydrogens is 195 g/mol. The minimum absolute atomic E-state index is 0.447. The summed E-state index contributed by atoms with van der Waals surface area (Å²) in [7, 11) is -4.70. The van der Waals surface area contributed by atoms with Crippen molar-refractivity contribution in [3.63, 3.8) is 0 Å². The summed E-state index contributed by atoms with van der Waals surface area (Å²) < 4.78 is 31.8. The molecule has 1 aliphatic rings. The van der Waals surface area contributed by atoms with Crippen molar-refractivity contribution in [2.45, 2.75) is 17.7 Å². The van der Waals surface area contributed by atoms with Gasteiger partial charge in [-0.2, -0.15) is 8.42 Å². The second-order valence-electron chi connectivity index (χ2n) is 2.57. The Morgan fingerprint density at radius 1 is 1.55 bits per heavy atom. The molecule has 1 rings (SSSR count). The number of carbonyl (C=O) groups excluding carboxylic acids is 1. The van der Waals surface area contributed by atoms with Gasteiger partial charge >= 0.3 is 10.2 Å². The van der Waals surface area contributed by atoms with E-state index in [1.807, 2.05) is 0 Å². The van der Waals surface area contributed by atoms with Crippen LogP contribution in [-0.2, 0) is 15.0 Å². The van der Waals surface area contributed by atoms with Crippen LogP contribution in [0.4, 0.5) is 3.89 Å². The van der Waals surface area contributed by atoms with Crippen LogP contribution in [0.1, 0.15) is 12.8 Å². The molecule has 64 valence electrons. The molecule has 0 radical (unpaired) electrons. The Kier molecular flexibility index (Phi) is 1.96. The van der Waals surface area contributed by atoms with Gasteiger partial charge in [-0.1, -0.05) is 0 Å². The fraction of sp³-hybridized carbons (Fsp3) is 0.800. The Balaban J connectivity index is 2.59. The number of alkyl halides is 1. The van der Waals surface area contributed by atoms with Crippen LogP contribution in [0.3, 0.4) is 0 Å². The van der Waals surface area contributed by atoms with Crippen molar-refractivity contribution in [1.82, 2.24) is 0 Å². The highest BCUT2D eigenvalue weighted by atomic mass is 35.5. The van der Waals surface area contributed by atoms with Gasteiger partial charge in [0, 0.05) is 0 Å². The number of carbonyl (C=O) groups is 1. The van der Waals surface area contributed by atoms with E-state index in [0.717, 1.165) is 0 Å². The van der Waals surface area contributed by atoms with Gasteiger partial charge in [0.15, 0.2) is 5.78 Å². The summed E-state index contributed by atoms with van der Waals surface area (Å²) in [5.41, 5.74) is 0. The number of ketones is 1. The van der Waals surface area contributed by atoms with E-state index in [1.54, 1.807) is 0 Å². The smallest absolute Gasteiger partial charge is 0.296 e. The van der Waals surface area contributed by atoms with E-state index in [-0.39, 0.29) is 0 Å². The van der Waals surface area contributed by atoms with Crippen LogP contribution in [0.5, 0.6) is 0 Å². The summed E-state index contributed by atoms with van der Waals surface area (Å²) in [5.74, 6) is -1.82. The molecule has 0 atom stereocenters. The highest BCUT2D eigenvalue weighted by Crippen LogP contribution is 2.43. The van der Waals surface area contributed by atoms with Gasteiger partial charge in [-0.3, -0.25) is 4.79 Å². The minimum Gasteiger partial charge on any atom is -0.296 e. The van der Waals surface area contributed by atoms with Gasteiger partial charge in [0.25, 0.3) is 0 Å². The van der Waals surface area contributed by atoms with Crippen molar-refractivity contribution in [1.29, 1.82) is 0 Å². The van der Waals surface area contributed by atoms with Gasteiger partial charge in [-0.25, -0.2) is 0 Å². The van der Waals surface area contributed by atoms with Gasteiger partial charge < -0.3 is 0 Å². The molecule has 0 heterocycles. The van der Waals surface area contributed by atoms with Crippen LogP contribution in [0.2, 0.25) is 0 Å². The molecule has 1 aliphatic carbocycles. The molecule has 0 unspecified atom stereocenters. The van der Waals surface area contributed by atoms with Crippen molar-refractivity contribution in [3.8, 4) is 0 Å². The van der Waals surface area contributed by atoms with E-state index in [2.05, 4.69) is 0 Å². The third-order valence-corrected chi connectivity index (χ3v) is 2.69. The minimum atomic E-state index is -4.70. The van der Waals surface area contributed by atoms with E-state index in [1.165, 1.54) is 0 Å². The lowest BCUT2D eigenvalue weighted by Gasteiger charge is -2.00. The van der Waals surface area contributed by atoms with Gasteiger partial charge in [-0.15, -0.1) is 15.5 Å². The van der Waals surface area contributed by atoms with E-state index in [4.69, 9.17) is 11.6 Å². The van der Waals surface area contributed by atoms with E-state index >= 15 is 0 Å². The van der Waals surface area contributed by atoms with Crippen molar-refractivity contribution >= 4 is 27.6 Å². The number of Topliss-reactive ketones (excluding diaryl/α,β-unsaturated/α-hetero) is 1. The first-order chi connectivity index (χ1) is 4.83. The first kappa shape index (κ1) is 8.93. The average Bonchev–Trinajstić information content (AvgIpc) is 2.44. The predicted molar refractivity (Wildman–Crippen MR) is 37.7 cm³/mol. The van der Waals surface area contributed by atoms with Crippen LogP contribution in [0.25, 0.3) is 0 Å². The second-order valence-corrected chi connectivity index (χ2v) is 4.66. The fourth-order valence-electron chi connectivity index (χ4n) is 0.675. The molecule has 1 fully saturated rings.